The van der Waals surface area contributed by atoms with Gasteiger partial charge in [-0.1, -0.05) is 12.1 Å². The number of hydrogen-bond acceptors (Lipinski definition) is 4. The number of amides is 2. The smallest absolute Gasteiger partial charge is 0.406 e. The van der Waals surface area contributed by atoms with Gasteiger partial charge >= 0.3 is 6.36 Å². The van der Waals surface area contributed by atoms with Gasteiger partial charge in [-0.15, -0.1) is 13.2 Å². The van der Waals surface area contributed by atoms with Crippen LogP contribution in [0.4, 0.5) is 13.2 Å². The van der Waals surface area contributed by atoms with Gasteiger partial charge in [0.1, 0.15) is 5.75 Å². The van der Waals surface area contributed by atoms with Gasteiger partial charge in [0, 0.05) is 5.56 Å². The number of carbonyl (C=O) groups is 2. The van der Waals surface area contributed by atoms with Crippen LogP contribution in [0.25, 0.3) is 0 Å². The number of aliphatic hydroxyl groups is 1. The van der Waals surface area contributed by atoms with E-state index in [4.69, 9.17) is 11.5 Å². The molecule has 1 aromatic carbocycles. The highest BCUT2D eigenvalue weighted by molar-refractivity contribution is 6.07. The minimum absolute atomic E-state index is 0.359. The Kier molecular flexibility index (Phi) is 3.70. The zero-order valence-corrected chi connectivity index (χ0v) is 9.27. The van der Waals surface area contributed by atoms with Crippen molar-refractivity contribution in [2.75, 3.05) is 0 Å². The molecule has 0 aliphatic rings. The Morgan fingerprint density at radius 3 is 1.79 bits per heavy atom. The molecule has 9 heteroatoms. The van der Waals surface area contributed by atoms with Gasteiger partial charge in [-0.3, -0.25) is 9.59 Å². The predicted molar refractivity (Wildman–Crippen MR) is 55.4 cm³/mol. The number of ether oxygens (including phenoxy) is 1. The van der Waals surface area contributed by atoms with E-state index < -0.39 is 29.5 Å². The summed E-state index contributed by atoms with van der Waals surface area (Å²) < 4.78 is 39.3. The Morgan fingerprint density at radius 2 is 1.47 bits per heavy atom. The van der Waals surface area contributed by atoms with Crippen molar-refractivity contribution >= 4 is 11.8 Å². The number of rotatable bonds is 4. The summed E-state index contributed by atoms with van der Waals surface area (Å²) in [7, 11) is 0. The third-order valence-corrected chi connectivity index (χ3v) is 2.22. The van der Waals surface area contributed by atoms with Gasteiger partial charge in [0.15, 0.2) is 0 Å². The molecule has 0 unspecified atom stereocenters. The summed E-state index contributed by atoms with van der Waals surface area (Å²) in [6.07, 6.45) is -4.88. The van der Waals surface area contributed by atoms with Crippen LogP contribution < -0.4 is 16.2 Å². The lowest BCUT2D eigenvalue weighted by Crippen LogP contribution is -2.51. The Labute approximate surface area is 104 Å². The molecule has 0 bridgehead atoms. The number of nitrogens with two attached hydrogens (primary N) is 2. The number of benzene rings is 1. The molecule has 2 amide bonds. The monoisotopic (exact) mass is 278 g/mol. The maximum absolute atomic E-state index is 11.9. The maximum Gasteiger partial charge on any atom is 0.573 e. The summed E-state index contributed by atoms with van der Waals surface area (Å²) in [5, 5.41) is 9.75. The van der Waals surface area contributed by atoms with Crippen LogP contribution >= 0.6 is 0 Å². The molecule has 19 heavy (non-hydrogen) atoms. The van der Waals surface area contributed by atoms with E-state index in [2.05, 4.69) is 4.74 Å². The van der Waals surface area contributed by atoms with Crippen molar-refractivity contribution < 1.29 is 32.6 Å². The second kappa shape index (κ2) is 4.76. The van der Waals surface area contributed by atoms with E-state index in [1.807, 2.05) is 0 Å². The average Bonchev–Trinajstić information content (AvgIpc) is 2.26. The lowest BCUT2D eigenvalue weighted by Gasteiger charge is -2.21. The normalized spacial score (nSPS) is 12.0. The topological polar surface area (TPSA) is 116 Å². The zero-order valence-electron chi connectivity index (χ0n) is 9.27. The minimum atomic E-state index is -4.88. The summed E-state index contributed by atoms with van der Waals surface area (Å²) in [4.78, 5) is 22.1. The molecule has 1 rings (SSSR count). The molecule has 0 heterocycles. The highest BCUT2D eigenvalue weighted by Gasteiger charge is 2.42. The second-order valence-corrected chi connectivity index (χ2v) is 3.51. The molecule has 0 aromatic heterocycles. The number of alkyl halides is 3. The third kappa shape index (κ3) is 3.13. The molecule has 0 saturated heterocycles. The molecule has 0 atom stereocenters. The number of halogens is 3. The summed E-state index contributed by atoms with van der Waals surface area (Å²) in [6, 6.07) is 3.35. The molecule has 5 N–H and O–H groups in total. The maximum atomic E-state index is 11.9. The van der Waals surface area contributed by atoms with E-state index in [0.29, 0.717) is 0 Å². The first kappa shape index (κ1) is 14.8. The van der Waals surface area contributed by atoms with Crippen LogP contribution in [0.15, 0.2) is 24.3 Å². The molecule has 0 saturated carbocycles. The summed E-state index contributed by atoms with van der Waals surface area (Å²) in [5.74, 6) is -3.47. The molecule has 0 aliphatic carbocycles. The molecule has 0 radical (unpaired) electrons. The molecule has 1 aromatic rings. The lowest BCUT2D eigenvalue weighted by atomic mass is 9.92. The van der Waals surface area contributed by atoms with E-state index >= 15 is 0 Å². The highest BCUT2D eigenvalue weighted by Crippen LogP contribution is 2.26. The summed E-state index contributed by atoms with van der Waals surface area (Å²) >= 11 is 0. The molecule has 0 aliphatic heterocycles. The van der Waals surface area contributed by atoms with Crippen LogP contribution in [0.5, 0.6) is 5.75 Å². The van der Waals surface area contributed by atoms with Gasteiger partial charge in [0.05, 0.1) is 0 Å². The van der Waals surface area contributed by atoms with E-state index in [-0.39, 0.29) is 5.56 Å². The largest absolute Gasteiger partial charge is 0.573 e. The Morgan fingerprint density at radius 1 is 1.05 bits per heavy atom. The Balaban J connectivity index is 3.10. The van der Waals surface area contributed by atoms with Crippen molar-refractivity contribution in [3.05, 3.63) is 29.8 Å². The standard InChI is InChI=1S/C10H9F3N2O4/c11-10(12,13)19-6-3-1-5(2-4-6)9(18,7(14)16)8(15)17/h1-4,18H,(H2,14,16)(H2,15,17). The van der Waals surface area contributed by atoms with Crippen LogP contribution in [0.3, 0.4) is 0 Å². The van der Waals surface area contributed by atoms with E-state index in [9.17, 15) is 27.9 Å². The lowest BCUT2D eigenvalue weighted by molar-refractivity contribution is -0.274. The molecule has 0 fully saturated rings. The van der Waals surface area contributed by atoms with Crippen molar-refractivity contribution in [3.63, 3.8) is 0 Å². The van der Waals surface area contributed by atoms with Gasteiger partial charge in [0.2, 0.25) is 5.60 Å². The molecule has 0 spiro atoms. The first-order chi connectivity index (χ1) is 8.57. The molecule has 6 nitrogen and oxygen atoms in total. The van der Waals surface area contributed by atoms with Gasteiger partial charge in [-0.25, -0.2) is 0 Å². The van der Waals surface area contributed by atoms with Gasteiger partial charge in [-0.2, -0.15) is 0 Å². The van der Waals surface area contributed by atoms with Crippen molar-refractivity contribution in [3.8, 4) is 5.75 Å². The fourth-order valence-corrected chi connectivity index (χ4v) is 1.30. The van der Waals surface area contributed by atoms with Crippen molar-refractivity contribution in [2.24, 2.45) is 11.5 Å². The number of carbonyl (C=O) groups excluding carboxylic acids is 2. The van der Waals surface area contributed by atoms with Crippen LogP contribution in [-0.2, 0) is 15.2 Å². The van der Waals surface area contributed by atoms with Crippen molar-refractivity contribution in [1.29, 1.82) is 0 Å². The average molecular weight is 278 g/mol. The van der Waals surface area contributed by atoms with Gasteiger partial charge < -0.3 is 21.3 Å². The van der Waals surface area contributed by atoms with Crippen LogP contribution in [0.1, 0.15) is 5.56 Å². The summed E-state index contributed by atoms with van der Waals surface area (Å²) in [6.45, 7) is 0. The van der Waals surface area contributed by atoms with E-state index in [1.54, 1.807) is 0 Å². The van der Waals surface area contributed by atoms with Gasteiger partial charge in [-0.05, 0) is 12.1 Å². The fourth-order valence-electron chi connectivity index (χ4n) is 1.30. The first-order valence-corrected chi connectivity index (χ1v) is 4.76. The predicted octanol–water partition coefficient (Wildman–Crippen LogP) is -0.257. The Bertz CT molecular complexity index is 484. The fraction of sp³-hybridized carbons (Fsp3) is 0.200. The molecular formula is C10H9F3N2O4. The van der Waals surface area contributed by atoms with Crippen LogP contribution in [0.2, 0.25) is 0 Å². The first-order valence-electron chi connectivity index (χ1n) is 4.76. The van der Waals surface area contributed by atoms with Gasteiger partial charge in [0.25, 0.3) is 11.8 Å². The second-order valence-electron chi connectivity index (χ2n) is 3.51. The summed E-state index contributed by atoms with van der Waals surface area (Å²) in [5.41, 5.74) is 6.53. The Hall–Kier alpha value is -2.29. The zero-order chi connectivity index (χ0) is 14.8. The molecular weight excluding hydrogens is 269 g/mol. The van der Waals surface area contributed by atoms with Crippen LogP contribution in [-0.4, -0.2) is 23.3 Å². The highest BCUT2D eigenvalue weighted by atomic mass is 19.4. The van der Waals surface area contributed by atoms with E-state index in [1.165, 1.54) is 0 Å². The van der Waals surface area contributed by atoms with E-state index in [0.717, 1.165) is 24.3 Å². The number of primary amides is 2. The SMILES string of the molecule is NC(=O)C(O)(C(N)=O)c1ccc(OC(F)(F)F)cc1. The number of hydrogen-bond donors (Lipinski definition) is 3. The minimum Gasteiger partial charge on any atom is -0.406 e. The molecule has 104 valence electrons. The van der Waals surface area contributed by atoms with Crippen molar-refractivity contribution in [1.82, 2.24) is 0 Å². The quantitative estimate of drug-likeness (QED) is 0.658. The van der Waals surface area contributed by atoms with Crippen molar-refractivity contribution in [2.45, 2.75) is 12.0 Å². The third-order valence-electron chi connectivity index (χ3n) is 2.22. The van der Waals surface area contributed by atoms with Crippen LogP contribution in [0, 0.1) is 0 Å².